The molecular weight excluding hydrogens is 540 g/mol. The number of esters is 1. The molecular formula is C31H31ClN6O3. The van der Waals surface area contributed by atoms with Gasteiger partial charge >= 0.3 is 5.97 Å². The van der Waals surface area contributed by atoms with Crippen LogP contribution in [0.25, 0.3) is 22.5 Å². The largest absolute Gasteiger partial charge is 0.465 e. The predicted octanol–water partition coefficient (Wildman–Crippen LogP) is 6.28. The van der Waals surface area contributed by atoms with E-state index < -0.39 is 5.97 Å². The number of halogens is 1. The predicted molar refractivity (Wildman–Crippen MR) is 156 cm³/mol. The standard InChI is InChI=1S/C31H31ClN6O3/c1-3-4-13-28-33-29(32)27(20-41-19-23-9-5-6-11-25(23)31(39)40-2)38(28)18-21-14-16-22(17-15-21)24-10-7-8-12-26(24)30-34-36-37-35-30/h5-12,14-17H,3-4,13,18-20H2,1-2H3,(H,34,35,36,37). The summed E-state index contributed by atoms with van der Waals surface area (Å²) >= 11 is 6.65. The lowest BCUT2D eigenvalue weighted by atomic mass is 9.98. The van der Waals surface area contributed by atoms with Gasteiger partial charge in [0.15, 0.2) is 5.15 Å². The van der Waals surface area contributed by atoms with Crippen molar-refractivity contribution in [3.63, 3.8) is 0 Å². The summed E-state index contributed by atoms with van der Waals surface area (Å²) in [7, 11) is 1.37. The number of aromatic nitrogens is 6. The van der Waals surface area contributed by atoms with Crippen LogP contribution in [0, 0.1) is 0 Å². The molecule has 0 aliphatic carbocycles. The first kappa shape index (κ1) is 28.2. The third kappa shape index (κ3) is 6.53. The molecule has 2 heterocycles. The van der Waals surface area contributed by atoms with E-state index in [0.29, 0.717) is 23.1 Å². The van der Waals surface area contributed by atoms with Gasteiger partial charge in [-0.2, -0.15) is 5.21 Å². The van der Waals surface area contributed by atoms with E-state index in [-0.39, 0.29) is 13.2 Å². The second kappa shape index (κ2) is 13.3. The summed E-state index contributed by atoms with van der Waals surface area (Å²) in [4.78, 5) is 16.8. The van der Waals surface area contributed by atoms with Gasteiger partial charge in [0.05, 0.1) is 31.6 Å². The third-order valence-corrected chi connectivity index (χ3v) is 7.20. The number of hydrogen-bond acceptors (Lipinski definition) is 7. The summed E-state index contributed by atoms with van der Waals surface area (Å²) < 4.78 is 13.1. The SMILES string of the molecule is CCCCc1nc(Cl)c(COCc2ccccc2C(=O)OC)n1Cc1ccc(-c2ccccc2-c2nn[nH]n2)cc1. The molecule has 1 N–H and O–H groups in total. The number of nitrogens with zero attached hydrogens (tertiary/aromatic N) is 5. The Kier molecular flexibility index (Phi) is 9.18. The number of tetrazole rings is 1. The Morgan fingerprint density at radius 3 is 2.46 bits per heavy atom. The number of hydrogen-bond donors (Lipinski definition) is 1. The summed E-state index contributed by atoms with van der Waals surface area (Å²) in [6, 6.07) is 23.7. The highest BCUT2D eigenvalue weighted by molar-refractivity contribution is 6.30. The smallest absolute Gasteiger partial charge is 0.338 e. The van der Waals surface area contributed by atoms with Crippen LogP contribution in [-0.2, 0) is 35.7 Å². The van der Waals surface area contributed by atoms with Crippen LogP contribution in [-0.4, -0.2) is 43.3 Å². The molecule has 0 atom stereocenters. The minimum absolute atomic E-state index is 0.242. The molecule has 0 spiro atoms. The van der Waals surface area contributed by atoms with Crippen LogP contribution >= 0.6 is 11.6 Å². The van der Waals surface area contributed by atoms with Crippen LogP contribution in [0.2, 0.25) is 5.15 Å². The van der Waals surface area contributed by atoms with Crippen LogP contribution in [0.1, 0.15) is 52.8 Å². The molecule has 5 rings (SSSR count). The number of unbranched alkanes of at least 4 members (excludes halogenated alkanes) is 1. The highest BCUT2D eigenvalue weighted by atomic mass is 35.5. The molecule has 0 aliphatic rings. The van der Waals surface area contributed by atoms with Gasteiger partial charge in [0.1, 0.15) is 5.82 Å². The maximum Gasteiger partial charge on any atom is 0.338 e. The molecule has 2 aromatic heterocycles. The molecule has 0 fully saturated rings. The molecule has 0 bridgehead atoms. The zero-order chi connectivity index (χ0) is 28.6. The molecule has 210 valence electrons. The molecule has 0 amide bonds. The lowest BCUT2D eigenvalue weighted by Gasteiger charge is -2.14. The average molecular weight is 571 g/mol. The number of methoxy groups -OCH3 is 1. The minimum Gasteiger partial charge on any atom is -0.465 e. The zero-order valence-electron chi connectivity index (χ0n) is 23.0. The van der Waals surface area contributed by atoms with Crippen LogP contribution in [0.4, 0.5) is 0 Å². The molecule has 5 aromatic rings. The summed E-state index contributed by atoms with van der Waals surface area (Å²) in [5.41, 5.74) is 6.14. The Balaban J connectivity index is 1.37. The van der Waals surface area contributed by atoms with Gasteiger partial charge < -0.3 is 14.0 Å². The summed E-state index contributed by atoms with van der Waals surface area (Å²) in [6.45, 7) is 3.25. The van der Waals surface area contributed by atoms with Crippen molar-refractivity contribution >= 4 is 17.6 Å². The first-order chi connectivity index (χ1) is 20.1. The summed E-state index contributed by atoms with van der Waals surface area (Å²) in [5.74, 6) is 1.09. The number of benzene rings is 3. The molecule has 0 saturated carbocycles. The summed E-state index contributed by atoms with van der Waals surface area (Å²) in [5, 5.41) is 15.0. The normalized spacial score (nSPS) is 11.1. The molecule has 0 radical (unpaired) electrons. The van der Waals surface area contributed by atoms with Crippen LogP contribution in [0.15, 0.2) is 72.8 Å². The Morgan fingerprint density at radius 2 is 1.73 bits per heavy atom. The fourth-order valence-corrected chi connectivity index (χ4v) is 5.00. The topological polar surface area (TPSA) is 108 Å². The van der Waals surface area contributed by atoms with Crippen LogP contribution in [0.5, 0.6) is 0 Å². The number of nitrogens with one attached hydrogen (secondary N) is 1. The van der Waals surface area contributed by atoms with Crippen molar-refractivity contribution in [2.45, 2.75) is 45.9 Å². The number of aromatic amines is 1. The van der Waals surface area contributed by atoms with Crippen LogP contribution in [0.3, 0.4) is 0 Å². The van der Waals surface area contributed by atoms with Gasteiger partial charge in [0, 0.05) is 18.5 Å². The number of ether oxygens (including phenoxy) is 2. The number of imidazole rings is 1. The number of carbonyl (C=O) groups excluding carboxylic acids is 1. The van der Waals surface area contributed by atoms with Crippen molar-refractivity contribution in [3.05, 3.63) is 106 Å². The van der Waals surface area contributed by atoms with E-state index in [4.69, 9.17) is 21.1 Å². The van der Waals surface area contributed by atoms with E-state index in [0.717, 1.165) is 58.6 Å². The van der Waals surface area contributed by atoms with Gasteiger partial charge in [-0.15, -0.1) is 10.2 Å². The van der Waals surface area contributed by atoms with Gasteiger partial charge in [-0.25, -0.2) is 9.78 Å². The monoisotopic (exact) mass is 570 g/mol. The molecule has 41 heavy (non-hydrogen) atoms. The Bertz CT molecular complexity index is 1600. The van der Waals surface area contributed by atoms with Crippen LogP contribution < -0.4 is 0 Å². The molecule has 0 unspecified atom stereocenters. The van der Waals surface area contributed by atoms with Crippen molar-refractivity contribution in [1.82, 2.24) is 30.2 Å². The van der Waals surface area contributed by atoms with Crippen molar-refractivity contribution in [3.8, 4) is 22.5 Å². The number of aryl methyl sites for hydroxylation is 1. The number of rotatable bonds is 12. The van der Waals surface area contributed by atoms with E-state index in [1.807, 2.05) is 36.4 Å². The van der Waals surface area contributed by atoms with Gasteiger partial charge in [0.2, 0.25) is 5.82 Å². The Morgan fingerprint density at radius 1 is 0.976 bits per heavy atom. The van der Waals surface area contributed by atoms with Crippen molar-refractivity contribution in [2.75, 3.05) is 7.11 Å². The van der Waals surface area contributed by atoms with E-state index >= 15 is 0 Å². The highest BCUT2D eigenvalue weighted by Gasteiger charge is 2.18. The van der Waals surface area contributed by atoms with E-state index in [9.17, 15) is 4.79 Å². The molecule has 0 saturated heterocycles. The van der Waals surface area contributed by atoms with Gasteiger partial charge in [-0.05, 0) is 40.0 Å². The first-order valence-corrected chi connectivity index (χ1v) is 13.9. The molecule has 10 heteroatoms. The fourth-order valence-electron chi connectivity index (χ4n) is 4.75. The van der Waals surface area contributed by atoms with Gasteiger partial charge in [-0.1, -0.05) is 91.7 Å². The van der Waals surface area contributed by atoms with Crippen molar-refractivity contribution in [1.29, 1.82) is 0 Å². The van der Waals surface area contributed by atoms with E-state index in [2.05, 4.69) is 61.4 Å². The average Bonchev–Trinajstić information content (AvgIpc) is 3.65. The minimum atomic E-state index is -0.391. The number of H-pyrrole nitrogens is 1. The quantitative estimate of drug-likeness (QED) is 0.176. The van der Waals surface area contributed by atoms with Gasteiger partial charge in [-0.3, -0.25) is 0 Å². The second-order valence-electron chi connectivity index (χ2n) is 9.57. The Hall–Kier alpha value is -4.34. The lowest BCUT2D eigenvalue weighted by Crippen LogP contribution is -2.11. The Labute approximate surface area is 243 Å². The first-order valence-electron chi connectivity index (χ1n) is 13.5. The van der Waals surface area contributed by atoms with E-state index in [1.165, 1.54) is 7.11 Å². The van der Waals surface area contributed by atoms with Crippen molar-refractivity contribution < 1.29 is 14.3 Å². The van der Waals surface area contributed by atoms with Crippen molar-refractivity contribution in [2.24, 2.45) is 0 Å². The molecule has 9 nitrogen and oxygen atoms in total. The maximum atomic E-state index is 12.2. The number of carbonyl (C=O) groups is 1. The maximum absolute atomic E-state index is 12.2. The fraction of sp³-hybridized carbons (Fsp3) is 0.258. The zero-order valence-corrected chi connectivity index (χ0v) is 23.8. The summed E-state index contributed by atoms with van der Waals surface area (Å²) in [6.07, 6.45) is 2.87. The third-order valence-electron chi connectivity index (χ3n) is 6.89. The molecule has 0 aliphatic heterocycles. The lowest BCUT2D eigenvalue weighted by molar-refractivity contribution is 0.0589. The highest BCUT2D eigenvalue weighted by Crippen LogP contribution is 2.30. The van der Waals surface area contributed by atoms with E-state index in [1.54, 1.807) is 12.1 Å². The second-order valence-corrected chi connectivity index (χ2v) is 9.93. The molecule has 3 aromatic carbocycles. The van der Waals surface area contributed by atoms with Gasteiger partial charge in [0.25, 0.3) is 0 Å².